The molecule has 1 heteroatoms. The van der Waals surface area contributed by atoms with E-state index in [1.54, 1.807) is 0 Å². The van der Waals surface area contributed by atoms with Crippen molar-refractivity contribution in [2.45, 2.75) is 33.1 Å². The Balaban J connectivity index is 0.000000396. The molecule has 0 aromatic heterocycles. The van der Waals surface area contributed by atoms with E-state index in [9.17, 15) is 0 Å². The van der Waals surface area contributed by atoms with Gasteiger partial charge in [0.05, 0.1) is 0 Å². The first-order valence-corrected chi connectivity index (χ1v) is 5.13. The number of hydrogen-bond donors (Lipinski definition) is 1. The number of nitrogen functional groups attached to an aromatic ring is 1. The molecule has 72 valence electrons. The van der Waals surface area contributed by atoms with Crippen molar-refractivity contribution in [2.24, 2.45) is 5.92 Å². The second kappa shape index (κ2) is 4.31. The van der Waals surface area contributed by atoms with E-state index in [1.807, 2.05) is 26.0 Å². The van der Waals surface area contributed by atoms with Crippen LogP contribution in [0.5, 0.6) is 0 Å². The number of hydrogen-bond acceptors (Lipinski definition) is 1. The van der Waals surface area contributed by atoms with E-state index in [4.69, 9.17) is 5.73 Å². The lowest BCUT2D eigenvalue weighted by Crippen LogP contribution is -1.86. The molecule has 0 saturated heterocycles. The number of anilines is 1. The van der Waals surface area contributed by atoms with Crippen LogP contribution in [0.15, 0.2) is 24.3 Å². The van der Waals surface area contributed by atoms with Gasteiger partial charge in [-0.3, -0.25) is 0 Å². The van der Waals surface area contributed by atoms with Crippen molar-refractivity contribution in [1.82, 2.24) is 0 Å². The summed E-state index contributed by atoms with van der Waals surface area (Å²) in [5.74, 6) is 1.66. The highest BCUT2D eigenvalue weighted by molar-refractivity contribution is 5.43. The Morgan fingerprint density at radius 2 is 1.92 bits per heavy atom. The molecular weight excluding hydrogens is 158 g/mol. The Bertz CT molecular complexity index is 268. The van der Waals surface area contributed by atoms with Gasteiger partial charge in [-0.15, -0.1) is 0 Å². The van der Waals surface area contributed by atoms with Gasteiger partial charge in [-0.05, 0) is 36.0 Å². The minimum Gasteiger partial charge on any atom is -0.399 e. The third kappa shape index (κ3) is 2.48. The number of rotatable bonds is 1. The Morgan fingerprint density at radius 1 is 1.31 bits per heavy atom. The molecular formula is C12H19N. The summed E-state index contributed by atoms with van der Waals surface area (Å²) in [7, 11) is 0. The van der Waals surface area contributed by atoms with Crippen LogP contribution in [0.4, 0.5) is 5.69 Å². The fourth-order valence-electron chi connectivity index (χ4n) is 1.58. The first kappa shape index (κ1) is 10.1. The van der Waals surface area contributed by atoms with E-state index in [-0.39, 0.29) is 0 Å². The zero-order valence-corrected chi connectivity index (χ0v) is 8.75. The van der Waals surface area contributed by atoms with Crippen molar-refractivity contribution in [2.75, 3.05) is 5.73 Å². The van der Waals surface area contributed by atoms with Gasteiger partial charge in [0.1, 0.15) is 0 Å². The first-order valence-electron chi connectivity index (χ1n) is 5.13. The maximum absolute atomic E-state index is 5.67. The molecule has 0 amide bonds. The Hall–Kier alpha value is -0.980. The van der Waals surface area contributed by atoms with Crippen LogP contribution in [0, 0.1) is 5.92 Å². The van der Waals surface area contributed by atoms with Crippen LogP contribution >= 0.6 is 0 Å². The summed E-state index contributed by atoms with van der Waals surface area (Å²) in [6.07, 6.45) is 1.34. The van der Waals surface area contributed by atoms with Gasteiger partial charge < -0.3 is 5.73 Å². The van der Waals surface area contributed by atoms with Gasteiger partial charge in [0, 0.05) is 5.69 Å². The molecule has 1 aromatic rings. The third-order valence-electron chi connectivity index (χ3n) is 2.45. The molecule has 1 saturated carbocycles. The Labute approximate surface area is 81.0 Å². The van der Waals surface area contributed by atoms with Gasteiger partial charge >= 0.3 is 0 Å². The topological polar surface area (TPSA) is 26.0 Å². The van der Waals surface area contributed by atoms with Gasteiger partial charge in [0.25, 0.3) is 0 Å². The number of benzene rings is 1. The lowest BCUT2D eigenvalue weighted by Gasteiger charge is -1.98. The SMILES string of the molecule is CC.CC1CC1c1cccc(N)c1. The maximum atomic E-state index is 5.67. The predicted molar refractivity (Wildman–Crippen MR) is 58.7 cm³/mol. The molecule has 0 spiro atoms. The normalized spacial score (nSPS) is 24.5. The van der Waals surface area contributed by atoms with E-state index in [0.29, 0.717) is 0 Å². The van der Waals surface area contributed by atoms with Gasteiger partial charge in [0.15, 0.2) is 0 Å². The summed E-state index contributed by atoms with van der Waals surface area (Å²) in [5.41, 5.74) is 7.97. The minimum atomic E-state index is 0.790. The molecule has 0 heterocycles. The summed E-state index contributed by atoms with van der Waals surface area (Å²) in [6.45, 7) is 6.29. The molecule has 1 fully saturated rings. The van der Waals surface area contributed by atoms with Crippen molar-refractivity contribution in [1.29, 1.82) is 0 Å². The van der Waals surface area contributed by atoms with E-state index in [0.717, 1.165) is 17.5 Å². The molecule has 1 aromatic carbocycles. The van der Waals surface area contributed by atoms with Crippen LogP contribution in [0.1, 0.15) is 38.7 Å². The smallest absolute Gasteiger partial charge is 0.0316 e. The van der Waals surface area contributed by atoms with Gasteiger partial charge in [0.2, 0.25) is 0 Å². The molecule has 13 heavy (non-hydrogen) atoms. The van der Waals surface area contributed by atoms with Crippen molar-refractivity contribution in [3.05, 3.63) is 29.8 Å². The van der Waals surface area contributed by atoms with Crippen LogP contribution < -0.4 is 5.73 Å². The van der Waals surface area contributed by atoms with Crippen molar-refractivity contribution >= 4 is 5.69 Å². The molecule has 2 unspecified atom stereocenters. The maximum Gasteiger partial charge on any atom is 0.0316 e. The second-order valence-corrected chi connectivity index (χ2v) is 3.49. The fraction of sp³-hybridized carbons (Fsp3) is 0.500. The molecule has 1 aliphatic rings. The quantitative estimate of drug-likeness (QED) is 0.653. The molecule has 0 aliphatic heterocycles. The van der Waals surface area contributed by atoms with Gasteiger partial charge in [-0.2, -0.15) is 0 Å². The Kier molecular flexibility index (Phi) is 3.35. The van der Waals surface area contributed by atoms with Crippen molar-refractivity contribution in [3.63, 3.8) is 0 Å². The van der Waals surface area contributed by atoms with Crippen molar-refractivity contribution < 1.29 is 0 Å². The predicted octanol–water partition coefficient (Wildman–Crippen LogP) is 3.42. The van der Waals surface area contributed by atoms with Gasteiger partial charge in [-0.25, -0.2) is 0 Å². The second-order valence-electron chi connectivity index (χ2n) is 3.49. The van der Waals surface area contributed by atoms with Crippen molar-refractivity contribution in [3.8, 4) is 0 Å². The van der Waals surface area contributed by atoms with Crippen LogP contribution in [0.2, 0.25) is 0 Å². The zero-order chi connectivity index (χ0) is 9.84. The van der Waals surface area contributed by atoms with E-state index in [2.05, 4.69) is 19.1 Å². The molecule has 0 radical (unpaired) electrons. The minimum absolute atomic E-state index is 0.790. The average Bonchev–Trinajstić information content (AvgIpc) is 2.86. The molecule has 2 rings (SSSR count). The summed E-state index contributed by atoms with van der Waals surface area (Å²) < 4.78 is 0. The summed E-state index contributed by atoms with van der Waals surface area (Å²) in [4.78, 5) is 0. The lowest BCUT2D eigenvalue weighted by molar-refractivity contribution is 0.915. The molecule has 2 N–H and O–H groups in total. The van der Waals surface area contributed by atoms with Crippen LogP contribution in [0.3, 0.4) is 0 Å². The lowest BCUT2D eigenvalue weighted by atomic mass is 10.1. The zero-order valence-electron chi connectivity index (χ0n) is 8.75. The monoisotopic (exact) mass is 177 g/mol. The van der Waals surface area contributed by atoms with E-state index < -0.39 is 0 Å². The summed E-state index contributed by atoms with van der Waals surface area (Å²) in [6, 6.07) is 8.24. The highest BCUT2D eigenvalue weighted by Gasteiger charge is 2.33. The van der Waals surface area contributed by atoms with Crippen LogP contribution in [-0.4, -0.2) is 0 Å². The van der Waals surface area contributed by atoms with Crippen LogP contribution in [-0.2, 0) is 0 Å². The van der Waals surface area contributed by atoms with E-state index >= 15 is 0 Å². The van der Waals surface area contributed by atoms with Gasteiger partial charge in [-0.1, -0.05) is 32.9 Å². The van der Waals surface area contributed by atoms with Crippen LogP contribution in [0.25, 0.3) is 0 Å². The largest absolute Gasteiger partial charge is 0.399 e. The van der Waals surface area contributed by atoms with E-state index in [1.165, 1.54) is 12.0 Å². The summed E-state index contributed by atoms with van der Waals surface area (Å²) in [5, 5.41) is 0. The summed E-state index contributed by atoms with van der Waals surface area (Å²) >= 11 is 0. The average molecular weight is 177 g/mol. The number of nitrogens with two attached hydrogens (primary N) is 1. The third-order valence-corrected chi connectivity index (χ3v) is 2.45. The fourth-order valence-corrected chi connectivity index (χ4v) is 1.58. The molecule has 1 aliphatic carbocycles. The molecule has 0 bridgehead atoms. The highest BCUT2D eigenvalue weighted by atomic mass is 14.5. The molecule has 2 atom stereocenters. The molecule has 1 nitrogen and oxygen atoms in total. The first-order chi connectivity index (χ1) is 6.27. The standard InChI is InChI=1S/C10H13N.C2H6/c1-7-5-10(7)8-3-2-4-9(11)6-8;1-2/h2-4,6-7,10H,5,11H2,1H3;1-2H3. The Morgan fingerprint density at radius 3 is 2.38 bits per heavy atom. The highest BCUT2D eigenvalue weighted by Crippen LogP contribution is 2.46.